The van der Waals surface area contributed by atoms with E-state index >= 15 is 0 Å². The maximum absolute atomic E-state index is 12.7. The van der Waals surface area contributed by atoms with Crippen molar-refractivity contribution in [2.75, 3.05) is 53.3 Å². The minimum atomic E-state index is -5.49. The number of hydrogen-bond acceptors (Lipinski definition) is 26. The third kappa shape index (κ3) is 16.6. The van der Waals surface area contributed by atoms with Gasteiger partial charge in [0.1, 0.15) is 42.3 Å². The average molecular weight is 1150 g/mol. The van der Waals surface area contributed by atoms with Crippen LogP contribution in [0.2, 0.25) is 10.6 Å². The van der Waals surface area contributed by atoms with Crippen molar-refractivity contribution < 1.29 is 67.2 Å². The Morgan fingerprint density at radius 3 is 1.25 bits per heavy atom. The Balaban J connectivity index is 0.00000444. The first-order valence-electron chi connectivity index (χ1n) is 18.0. The van der Waals surface area contributed by atoms with Gasteiger partial charge >= 0.3 is 0 Å². The molecule has 0 fully saturated rings. The van der Waals surface area contributed by atoms with Crippen LogP contribution in [0.4, 0.5) is 63.6 Å². The van der Waals surface area contributed by atoms with E-state index in [1.54, 1.807) is 0 Å². The molecule has 0 amide bonds. The van der Waals surface area contributed by atoms with E-state index in [4.69, 9.17) is 39.1 Å². The van der Waals surface area contributed by atoms with Crippen molar-refractivity contribution in [3.8, 4) is 5.75 Å². The molecular weight excluding hydrogens is 1130 g/mol. The van der Waals surface area contributed by atoms with Crippen molar-refractivity contribution in [3.63, 3.8) is 0 Å². The van der Waals surface area contributed by atoms with Gasteiger partial charge in [-0.25, -0.2) is 0 Å². The smallest absolute Gasteiger partial charge is 0.296 e. The molecule has 364 valence electrons. The van der Waals surface area contributed by atoms with Gasteiger partial charge in [0.25, 0.3) is 40.5 Å². The summed E-state index contributed by atoms with van der Waals surface area (Å²) >= 11 is 11.9. The number of aromatic hydroxyl groups is 1. The molecule has 0 spiro atoms. The Morgan fingerprint density at radius 2 is 0.875 bits per heavy atom. The zero-order valence-corrected chi connectivity index (χ0v) is 50.1. The van der Waals surface area contributed by atoms with Crippen molar-refractivity contribution in [1.29, 1.82) is 0 Å². The van der Waals surface area contributed by atoms with Crippen LogP contribution in [0.15, 0.2) is 88.6 Å². The number of rotatable bonds is 18. The fourth-order valence-electron chi connectivity index (χ4n) is 5.66. The van der Waals surface area contributed by atoms with Crippen molar-refractivity contribution >= 4 is 256 Å². The molecule has 2 heterocycles. The van der Waals surface area contributed by atoms with E-state index in [9.17, 15) is 57.0 Å². The Kier molecular flexibility index (Phi) is 24.4. The van der Waals surface area contributed by atoms with Crippen LogP contribution in [0, 0.1) is 0 Å². The average Bonchev–Trinajstić information content (AvgIpc) is 3.22. The van der Waals surface area contributed by atoms with Crippen LogP contribution in [-0.4, -0.2) is 242 Å². The number of anilines is 7. The van der Waals surface area contributed by atoms with Gasteiger partial charge in [0, 0.05) is 143 Å². The molecule has 6 rings (SSSR count). The number of nitrogens with two attached hydrogens (primary N) is 1. The van der Waals surface area contributed by atoms with Crippen LogP contribution >= 0.6 is 23.2 Å². The van der Waals surface area contributed by atoms with Crippen LogP contribution in [0.1, 0.15) is 0 Å². The summed E-state index contributed by atoms with van der Waals surface area (Å²) in [5, 5.41) is 53.1. The van der Waals surface area contributed by atoms with Crippen molar-refractivity contribution in [2.24, 2.45) is 20.5 Å². The van der Waals surface area contributed by atoms with Crippen LogP contribution < -0.4 is 27.0 Å². The normalized spacial score (nSPS) is 11.8. The summed E-state index contributed by atoms with van der Waals surface area (Å²) in [5.41, 5.74) is 1.49. The Labute approximate surface area is 505 Å². The van der Waals surface area contributed by atoms with Gasteiger partial charge in [-0.05, 0) is 77.1 Å². The van der Waals surface area contributed by atoms with Crippen LogP contribution in [0.5, 0.6) is 5.75 Å². The van der Waals surface area contributed by atoms with E-state index < -0.39 is 105 Å². The molecule has 0 saturated carbocycles. The number of nitrogens with one attached hydrogen (secondary N) is 4. The Bertz CT molecular complexity index is 3320. The van der Waals surface area contributed by atoms with Gasteiger partial charge in [-0.1, -0.05) is 0 Å². The number of nitrogens with zero attached hydrogens (tertiary/aromatic N) is 10. The van der Waals surface area contributed by atoms with Gasteiger partial charge in [-0.2, -0.15) is 63.6 Å². The minimum Gasteiger partial charge on any atom is -0.505 e. The molecule has 40 heteroatoms. The van der Waals surface area contributed by atoms with E-state index in [1.807, 2.05) is 0 Å². The van der Waals surface area contributed by atoms with E-state index in [1.165, 1.54) is 0 Å². The summed E-state index contributed by atoms with van der Waals surface area (Å²) in [7, 11) is -21.2. The predicted molar refractivity (Wildman–Crippen MR) is 261 cm³/mol. The molecule has 0 bridgehead atoms. The standard InChI is InChI=1S/C32H29Cl2N15O15S4.4Na/c33-27-40-29(36-5-7-50)44-31(42-27)38-14-1-3-18(65(53,54)55)16(11-14)46-48-24-20(67(59,60)61)9-13-10-21(68(62,63)64)25(26(52)22(13)23(24)35)49-47-17-12-15(2-4-19(17)66(56,57)58)39-32-43-28(34)41-30(45-32)37-6-8-51;;;;/h1-4,9-12,50-52H,5-8,35H2,(H,53,54,55)(H,56,57,58)(H,59,60,61)(H,62,63,64)(H2,36,38,40,42,44)(H2,37,39,41,43,45);;;;. The number of halogens is 2. The molecule has 0 aliphatic rings. The first-order valence-corrected chi connectivity index (χ1v) is 24.5. The van der Waals surface area contributed by atoms with Gasteiger partial charge in [0.2, 0.25) is 34.4 Å². The number of aliphatic hydroxyl groups excluding tert-OH is 2. The fourth-order valence-corrected chi connectivity index (χ4v) is 8.52. The van der Waals surface area contributed by atoms with E-state index in [-0.39, 0.29) is 190 Å². The van der Waals surface area contributed by atoms with E-state index in [0.717, 1.165) is 36.4 Å². The molecule has 0 aliphatic carbocycles. The zero-order valence-electron chi connectivity index (χ0n) is 37.3. The van der Waals surface area contributed by atoms with Crippen molar-refractivity contribution in [1.82, 2.24) is 29.9 Å². The second-order valence-electron chi connectivity index (χ2n) is 13.0. The number of aromatic nitrogens is 6. The third-order valence-corrected chi connectivity index (χ3v) is 12.3. The predicted octanol–water partition coefficient (Wildman–Crippen LogP) is 2.39. The van der Waals surface area contributed by atoms with Gasteiger partial charge in [-0.15, -0.1) is 20.5 Å². The molecule has 30 nitrogen and oxygen atoms in total. The number of nitrogen functional groups attached to an aromatic ring is 1. The summed E-state index contributed by atoms with van der Waals surface area (Å²) in [5.74, 6) is -1.97. The summed E-state index contributed by atoms with van der Waals surface area (Å²) < 4.78 is 141. The van der Waals surface area contributed by atoms with Gasteiger partial charge in [0.15, 0.2) is 5.75 Å². The van der Waals surface area contributed by atoms with E-state index in [2.05, 4.69) is 71.6 Å². The molecule has 6 aromatic rings. The summed E-state index contributed by atoms with van der Waals surface area (Å²) in [4.78, 5) is 19.0. The third-order valence-electron chi connectivity index (χ3n) is 8.38. The van der Waals surface area contributed by atoms with Gasteiger partial charge in [0.05, 0.1) is 24.3 Å². The fraction of sp³-hybridized carbons (Fsp3) is 0.125. The number of fused-ring (bicyclic) bond motifs is 1. The van der Waals surface area contributed by atoms with E-state index in [0.29, 0.717) is 12.1 Å². The zero-order chi connectivity index (χ0) is 49.9. The summed E-state index contributed by atoms with van der Waals surface area (Å²) in [6, 6.07) is 6.71. The number of hydrogen-bond donors (Lipinski definition) is 12. The molecule has 13 N–H and O–H groups in total. The molecular formula is C32H29Cl2N15Na4O15S4. The monoisotopic (exact) mass is 1150 g/mol. The maximum atomic E-state index is 12.7. The summed E-state index contributed by atoms with van der Waals surface area (Å²) in [6.07, 6.45) is 0. The molecule has 0 unspecified atom stereocenters. The van der Waals surface area contributed by atoms with Gasteiger partial charge in [-0.3, -0.25) is 18.2 Å². The largest absolute Gasteiger partial charge is 0.505 e. The first-order chi connectivity index (χ1) is 31.8. The second-order valence-corrected chi connectivity index (χ2v) is 19.3. The maximum Gasteiger partial charge on any atom is 0.296 e. The number of phenolic OH excluding ortho intramolecular Hbond substituents is 1. The topological polar surface area (TPSA) is 479 Å². The van der Waals surface area contributed by atoms with Crippen LogP contribution in [0.25, 0.3) is 10.8 Å². The molecule has 0 saturated heterocycles. The Hall–Kier alpha value is -2.70. The first kappa shape index (κ1) is 65.4. The molecule has 4 radical (unpaired) electrons. The minimum absolute atomic E-state index is 0. The van der Waals surface area contributed by atoms with Crippen molar-refractivity contribution in [2.45, 2.75) is 19.6 Å². The molecule has 4 aromatic carbocycles. The van der Waals surface area contributed by atoms with Crippen LogP contribution in [-0.2, 0) is 40.5 Å². The summed E-state index contributed by atoms with van der Waals surface area (Å²) in [6.45, 7) is -0.586. The molecule has 72 heavy (non-hydrogen) atoms. The molecule has 0 atom stereocenters. The number of aliphatic hydroxyl groups is 2. The number of azo groups is 2. The second kappa shape index (κ2) is 26.9. The Morgan fingerprint density at radius 1 is 0.514 bits per heavy atom. The van der Waals surface area contributed by atoms with Crippen LogP contribution in [0.3, 0.4) is 0 Å². The SMILES string of the molecule is Nc1c(N=Nc2cc(Nc3nc(Cl)nc(NCCO)n3)ccc2S(=O)(=O)O)c(S(=O)(=O)O)cc2cc(S(=O)(=O)O)c(N=Nc3cc(Nc4nc(Cl)nc(NCCO)n4)ccc3S(=O)(=O)O)c(O)c12.[Na].[Na].[Na].[Na]. The van der Waals surface area contributed by atoms with Gasteiger partial charge < -0.3 is 42.3 Å². The molecule has 2 aromatic heterocycles. The number of benzene rings is 4. The quantitative estimate of drug-likeness (QED) is 0.0254. The van der Waals surface area contributed by atoms with Crippen molar-refractivity contribution in [3.05, 3.63) is 59.1 Å². The molecule has 0 aliphatic heterocycles. The number of phenols is 1.